The van der Waals surface area contributed by atoms with Gasteiger partial charge in [-0.15, -0.1) is 0 Å². The van der Waals surface area contributed by atoms with Crippen LogP contribution >= 0.6 is 0 Å². The summed E-state index contributed by atoms with van der Waals surface area (Å²) in [6.07, 6.45) is 4.82. The summed E-state index contributed by atoms with van der Waals surface area (Å²) in [4.78, 5) is 0. The lowest BCUT2D eigenvalue weighted by Gasteiger charge is -2.17. The van der Waals surface area contributed by atoms with E-state index in [0.29, 0.717) is 13.2 Å². The fourth-order valence-electron chi connectivity index (χ4n) is 2.64. The summed E-state index contributed by atoms with van der Waals surface area (Å²) in [7, 11) is 0. The van der Waals surface area contributed by atoms with E-state index in [1.807, 2.05) is 13.8 Å². The van der Waals surface area contributed by atoms with Crippen molar-refractivity contribution in [3.05, 3.63) is 34.9 Å². The number of hydrogen-bond acceptors (Lipinski definition) is 3. The summed E-state index contributed by atoms with van der Waals surface area (Å²) >= 11 is 0. The standard InChI is InChI=1S/C17H27NO2/c1-13(2)20-12-17(19)11-18-10-14-7-8-15-5-3-4-6-16(15)9-14/h7-9,13,17-19H,3-6,10-12H2,1-2H3. The Labute approximate surface area is 122 Å². The van der Waals surface area contributed by atoms with Gasteiger partial charge in [0, 0.05) is 13.1 Å². The van der Waals surface area contributed by atoms with Crippen LogP contribution in [-0.4, -0.2) is 30.5 Å². The van der Waals surface area contributed by atoms with Crippen molar-refractivity contribution in [1.29, 1.82) is 0 Å². The van der Waals surface area contributed by atoms with E-state index >= 15 is 0 Å². The van der Waals surface area contributed by atoms with Gasteiger partial charge in [-0.1, -0.05) is 18.2 Å². The van der Waals surface area contributed by atoms with Crippen molar-refractivity contribution >= 4 is 0 Å². The van der Waals surface area contributed by atoms with Crippen molar-refractivity contribution in [1.82, 2.24) is 5.32 Å². The number of ether oxygens (including phenoxy) is 1. The summed E-state index contributed by atoms with van der Waals surface area (Å²) in [5.41, 5.74) is 4.34. The molecule has 112 valence electrons. The van der Waals surface area contributed by atoms with Gasteiger partial charge >= 0.3 is 0 Å². The van der Waals surface area contributed by atoms with Crippen LogP contribution in [0.3, 0.4) is 0 Å². The molecule has 1 unspecified atom stereocenters. The smallest absolute Gasteiger partial charge is 0.0897 e. The molecule has 0 spiro atoms. The highest BCUT2D eigenvalue weighted by atomic mass is 16.5. The third kappa shape index (κ3) is 4.89. The second-order valence-corrected chi connectivity index (χ2v) is 5.98. The van der Waals surface area contributed by atoms with Gasteiger partial charge in [0.2, 0.25) is 0 Å². The minimum Gasteiger partial charge on any atom is -0.389 e. The van der Waals surface area contributed by atoms with Gasteiger partial charge < -0.3 is 15.2 Å². The number of hydrogen-bond donors (Lipinski definition) is 2. The number of rotatable bonds is 7. The molecule has 3 heteroatoms. The lowest BCUT2D eigenvalue weighted by atomic mass is 9.90. The number of aliphatic hydroxyl groups excluding tert-OH is 1. The van der Waals surface area contributed by atoms with Crippen LogP contribution in [0.25, 0.3) is 0 Å². The van der Waals surface area contributed by atoms with E-state index < -0.39 is 6.10 Å². The van der Waals surface area contributed by atoms with E-state index in [-0.39, 0.29) is 6.10 Å². The fraction of sp³-hybridized carbons (Fsp3) is 0.647. The van der Waals surface area contributed by atoms with Crippen molar-refractivity contribution in [3.8, 4) is 0 Å². The van der Waals surface area contributed by atoms with Crippen LogP contribution in [0.1, 0.15) is 43.4 Å². The summed E-state index contributed by atoms with van der Waals surface area (Å²) < 4.78 is 5.39. The molecule has 0 radical (unpaired) electrons. The van der Waals surface area contributed by atoms with Crippen LogP contribution in [0.15, 0.2) is 18.2 Å². The average molecular weight is 277 g/mol. The predicted molar refractivity (Wildman–Crippen MR) is 81.9 cm³/mol. The molecule has 0 aromatic heterocycles. The molecule has 0 saturated carbocycles. The second kappa shape index (κ2) is 7.77. The first-order chi connectivity index (χ1) is 9.65. The maximum atomic E-state index is 9.78. The van der Waals surface area contributed by atoms with Crippen molar-refractivity contribution in [2.75, 3.05) is 13.2 Å². The second-order valence-electron chi connectivity index (χ2n) is 5.98. The summed E-state index contributed by atoms with van der Waals surface area (Å²) in [5, 5.41) is 13.1. The van der Waals surface area contributed by atoms with Crippen molar-refractivity contribution < 1.29 is 9.84 Å². The highest BCUT2D eigenvalue weighted by Gasteiger charge is 2.10. The highest BCUT2D eigenvalue weighted by molar-refractivity contribution is 5.33. The maximum Gasteiger partial charge on any atom is 0.0897 e. The average Bonchev–Trinajstić information content (AvgIpc) is 2.45. The number of aliphatic hydroxyl groups is 1. The van der Waals surface area contributed by atoms with Crippen molar-refractivity contribution in [2.45, 2.75) is 58.3 Å². The van der Waals surface area contributed by atoms with Crippen molar-refractivity contribution in [2.24, 2.45) is 0 Å². The normalized spacial score (nSPS) is 16.2. The Hall–Kier alpha value is -0.900. The molecular formula is C17H27NO2. The van der Waals surface area contributed by atoms with Crippen LogP contribution in [-0.2, 0) is 24.1 Å². The molecule has 1 atom stereocenters. The third-order valence-electron chi connectivity index (χ3n) is 3.74. The minimum atomic E-state index is -0.435. The van der Waals surface area contributed by atoms with Crippen LogP contribution in [0.4, 0.5) is 0 Å². The number of benzene rings is 1. The monoisotopic (exact) mass is 277 g/mol. The lowest BCUT2D eigenvalue weighted by Crippen LogP contribution is -2.31. The third-order valence-corrected chi connectivity index (χ3v) is 3.74. The van der Waals surface area contributed by atoms with Crippen LogP contribution < -0.4 is 5.32 Å². The Morgan fingerprint density at radius 1 is 1.20 bits per heavy atom. The molecule has 0 bridgehead atoms. The van der Waals surface area contributed by atoms with E-state index in [2.05, 4.69) is 23.5 Å². The SMILES string of the molecule is CC(C)OCC(O)CNCc1ccc2c(c1)CCCC2. The summed E-state index contributed by atoms with van der Waals surface area (Å²) in [6.45, 7) is 5.74. The van der Waals surface area contributed by atoms with E-state index in [9.17, 15) is 5.11 Å². The lowest BCUT2D eigenvalue weighted by molar-refractivity contribution is 0.00630. The molecule has 2 rings (SSSR count). The van der Waals surface area contributed by atoms with E-state index in [0.717, 1.165) is 6.54 Å². The van der Waals surface area contributed by atoms with E-state index in [1.165, 1.54) is 42.4 Å². The molecule has 0 amide bonds. The highest BCUT2D eigenvalue weighted by Crippen LogP contribution is 2.22. The first-order valence-corrected chi connectivity index (χ1v) is 7.76. The minimum absolute atomic E-state index is 0.172. The molecule has 2 N–H and O–H groups in total. The van der Waals surface area contributed by atoms with E-state index in [1.54, 1.807) is 0 Å². The molecule has 0 heterocycles. The zero-order valence-electron chi connectivity index (χ0n) is 12.7. The molecule has 1 aliphatic rings. The Bertz CT molecular complexity index is 417. The first-order valence-electron chi connectivity index (χ1n) is 7.76. The fourth-order valence-corrected chi connectivity index (χ4v) is 2.64. The van der Waals surface area contributed by atoms with Crippen LogP contribution in [0, 0.1) is 0 Å². The molecule has 1 aromatic rings. The maximum absolute atomic E-state index is 9.78. The van der Waals surface area contributed by atoms with Gasteiger partial charge in [0.05, 0.1) is 18.8 Å². The first kappa shape index (κ1) is 15.5. The van der Waals surface area contributed by atoms with Crippen LogP contribution in [0.2, 0.25) is 0 Å². The Morgan fingerprint density at radius 3 is 2.70 bits per heavy atom. The Balaban J connectivity index is 1.74. The predicted octanol–water partition coefficient (Wildman–Crippen LogP) is 2.44. The van der Waals surface area contributed by atoms with Gasteiger partial charge in [-0.2, -0.15) is 0 Å². The summed E-state index contributed by atoms with van der Waals surface area (Å²) in [6, 6.07) is 6.79. The molecule has 0 saturated heterocycles. The van der Waals surface area contributed by atoms with Gasteiger partial charge in [0.15, 0.2) is 0 Å². The van der Waals surface area contributed by atoms with Gasteiger partial charge in [0.1, 0.15) is 0 Å². The largest absolute Gasteiger partial charge is 0.389 e. The number of aryl methyl sites for hydroxylation is 2. The van der Waals surface area contributed by atoms with Gasteiger partial charge in [-0.05, 0) is 56.2 Å². The number of nitrogens with one attached hydrogen (secondary N) is 1. The van der Waals surface area contributed by atoms with Crippen molar-refractivity contribution in [3.63, 3.8) is 0 Å². The van der Waals surface area contributed by atoms with Gasteiger partial charge in [-0.25, -0.2) is 0 Å². The number of fused-ring (bicyclic) bond motifs is 1. The molecular weight excluding hydrogens is 250 g/mol. The Kier molecular flexibility index (Phi) is 6.02. The molecule has 0 fully saturated rings. The van der Waals surface area contributed by atoms with E-state index in [4.69, 9.17) is 4.74 Å². The Morgan fingerprint density at radius 2 is 1.95 bits per heavy atom. The quantitative estimate of drug-likeness (QED) is 0.804. The molecule has 20 heavy (non-hydrogen) atoms. The molecule has 3 nitrogen and oxygen atoms in total. The van der Waals surface area contributed by atoms with Gasteiger partial charge in [0.25, 0.3) is 0 Å². The molecule has 1 aromatic carbocycles. The topological polar surface area (TPSA) is 41.5 Å². The zero-order valence-corrected chi connectivity index (χ0v) is 12.7. The van der Waals surface area contributed by atoms with Crippen LogP contribution in [0.5, 0.6) is 0 Å². The van der Waals surface area contributed by atoms with Gasteiger partial charge in [-0.3, -0.25) is 0 Å². The summed E-state index contributed by atoms with van der Waals surface area (Å²) in [5.74, 6) is 0. The molecule has 0 aliphatic heterocycles. The molecule has 1 aliphatic carbocycles. The zero-order chi connectivity index (χ0) is 14.4.